The van der Waals surface area contributed by atoms with Crippen LogP contribution in [0.3, 0.4) is 0 Å². The first kappa shape index (κ1) is 25.4. The molecule has 5 nitrogen and oxygen atoms in total. The zero-order valence-electron chi connectivity index (χ0n) is 20.6. The van der Waals surface area contributed by atoms with E-state index in [-0.39, 0.29) is 12.1 Å². The number of unbranched alkanes of at least 4 members (excludes halogenated alkanes) is 3. The van der Waals surface area contributed by atoms with Crippen molar-refractivity contribution in [3.05, 3.63) is 66.5 Å². The van der Waals surface area contributed by atoms with Crippen LogP contribution in [-0.2, 0) is 16.0 Å². The number of esters is 1. The molecular formula is C29H36N2O3. The molecule has 180 valence electrons. The van der Waals surface area contributed by atoms with E-state index in [0.717, 1.165) is 41.1 Å². The van der Waals surface area contributed by atoms with Gasteiger partial charge >= 0.3 is 5.97 Å². The van der Waals surface area contributed by atoms with Gasteiger partial charge in [-0.2, -0.15) is 0 Å². The van der Waals surface area contributed by atoms with Gasteiger partial charge in [0.25, 0.3) is 0 Å². The third-order valence-corrected chi connectivity index (χ3v) is 5.64. The van der Waals surface area contributed by atoms with Crippen LogP contribution < -0.4 is 4.74 Å². The minimum Gasteiger partial charge on any atom is -0.490 e. The summed E-state index contributed by atoms with van der Waals surface area (Å²) >= 11 is 0. The maximum atomic E-state index is 11.6. The number of carbonyl (C=O) groups is 1. The largest absolute Gasteiger partial charge is 0.490 e. The summed E-state index contributed by atoms with van der Waals surface area (Å²) < 4.78 is 11.1. The molecule has 0 bridgehead atoms. The van der Waals surface area contributed by atoms with Gasteiger partial charge in [-0.1, -0.05) is 69.5 Å². The van der Waals surface area contributed by atoms with Crippen molar-refractivity contribution >= 4 is 5.97 Å². The van der Waals surface area contributed by atoms with Crippen molar-refractivity contribution in [3.8, 4) is 28.3 Å². The molecule has 0 saturated heterocycles. The van der Waals surface area contributed by atoms with Gasteiger partial charge in [0.15, 0.2) is 5.82 Å². The van der Waals surface area contributed by atoms with Crippen LogP contribution >= 0.6 is 0 Å². The topological polar surface area (TPSA) is 61.3 Å². The molecule has 0 radical (unpaired) electrons. The highest BCUT2D eigenvalue weighted by molar-refractivity contribution is 5.69. The lowest BCUT2D eigenvalue weighted by molar-refractivity contribution is -0.149. The minimum absolute atomic E-state index is 0.184. The Morgan fingerprint density at radius 2 is 1.50 bits per heavy atom. The fourth-order valence-electron chi connectivity index (χ4n) is 3.68. The number of carbonyl (C=O) groups excluding carboxylic acids is 1. The average molecular weight is 461 g/mol. The maximum Gasteiger partial charge on any atom is 0.306 e. The quantitative estimate of drug-likeness (QED) is 0.202. The molecule has 5 heteroatoms. The first-order valence-electron chi connectivity index (χ1n) is 12.4. The van der Waals surface area contributed by atoms with Crippen LogP contribution in [0.15, 0.2) is 60.9 Å². The summed E-state index contributed by atoms with van der Waals surface area (Å²) in [5, 5.41) is 0. The molecule has 1 heterocycles. The van der Waals surface area contributed by atoms with E-state index in [1.807, 2.05) is 50.5 Å². The van der Waals surface area contributed by atoms with Gasteiger partial charge in [-0.05, 0) is 49.4 Å². The Morgan fingerprint density at radius 3 is 2.15 bits per heavy atom. The van der Waals surface area contributed by atoms with E-state index in [1.165, 1.54) is 31.2 Å². The average Bonchev–Trinajstić information content (AvgIpc) is 2.86. The van der Waals surface area contributed by atoms with Gasteiger partial charge in [0.05, 0.1) is 0 Å². The van der Waals surface area contributed by atoms with E-state index >= 15 is 0 Å². The van der Waals surface area contributed by atoms with Crippen molar-refractivity contribution < 1.29 is 14.3 Å². The zero-order chi connectivity index (χ0) is 24.2. The Balaban J connectivity index is 1.53. The molecule has 1 aromatic heterocycles. The summed E-state index contributed by atoms with van der Waals surface area (Å²) in [6.07, 6.45) is 10.9. The summed E-state index contributed by atoms with van der Waals surface area (Å²) in [4.78, 5) is 20.7. The van der Waals surface area contributed by atoms with E-state index in [9.17, 15) is 4.79 Å². The Hall–Kier alpha value is -3.21. The molecule has 1 unspecified atom stereocenters. The number of hydrogen-bond donors (Lipinski definition) is 0. The van der Waals surface area contributed by atoms with Crippen molar-refractivity contribution in [1.29, 1.82) is 0 Å². The highest BCUT2D eigenvalue weighted by atomic mass is 16.6. The lowest BCUT2D eigenvalue weighted by atomic mass is 10.0. The van der Waals surface area contributed by atoms with Gasteiger partial charge in [-0.3, -0.25) is 4.79 Å². The number of benzene rings is 2. The van der Waals surface area contributed by atoms with E-state index in [1.54, 1.807) is 0 Å². The SMILES string of the molecule is CCCCCCc1ccc(-c2ncc(-c3ccc(OCC(C)OC(=O)CCC)cc3)cn2)cc1. The Morgan fingerprint density at radius 1 is 0.824 bits per heavy atom. The highest BCUT2D eigenvalue weighted by Crippen LogP contribution is 2.23. The van der Waals surface area contributed by atoms with Crippen molar-refractivity contribution in [2.45, 2.75) is 71.8 Å². The fraction of sp³-hybridized carbons (Fsp3) is 0.414. The van der Waals surface area contributed by atoms with Crippen LogP contribution in [0.5, 0.6) is 5.75 Å². The molecule has 3 aromatic rings. The van der Waals surface area contributed by atoms with Crippen LogP contribution in [0, 0.1) is 0 Å². The van der Waals surface area contributed by atoms with Gasteiger partial charge < -0.3 is 9.47 Å². The van der Waals surface area contributed by atoms with Gasteiger partial charge in [0.1, 0.15) is 18.5 Å². The molecule has 0 amide bonds. The van der Waals surface area contributed by atoms with Crippen molar-refractivity contribution in [3.63, 3.8) is 0 Å². The zero-order valence-corrected chi connectivity index (χ0v) is 20.6. The van der Waals surface area contributed by atoms with Crippen molar-refractivity contribution in [2.75, 3.05) is 6.61 Å². The molecule has 0 saturated carbocycles. The molecule has 0 aliphatic rings. The molecule has 2 aromatic carbocycles. The second-order valence-corrected chi connectivity index (χ2v) is 8.69. The van der Waals surface area contributed by atoms with Crippen molar-refractivity contribution in [1.82, 2.24) is 9.97 Å². The molecule has 0 N–H and O–H groups in total. The predicted molar refractivity (Wildman–Crippen MR) is 137 cm³/mol. The third kappa shape index (κ3) is 7.98. The van der Waals surface area contributed by atoms with E-state index in [4.69, 9.17) is 9.47 Å². The second-order valence-electron chi connectivity index (χ2n) is 8.69. The Kier molecular flexibility index (Phi) is 10.1. The molecule has 3 rings (SSSR count). The standard InChI is InChI=1S/C29H36N2O3/c1-4-6-7-8-10-23-11-13-25(14-12-23)29-30-19-26(20-31-29)24-15-17-27(18-16-24)33-21-22(3)34-28(32)9-5-2/h11-20,22H,4-10,21H2,1-3H3. The Labute approximate surface area is 203 Å². The minimum atomic E-state index is -0.283. The van der Waals surface area contributed by atoms with E-state index in [2.05, 4.69) is 41.2 Å². The molecule has 0 spiro atoms. The summed E-state index contributed by atoms with van der Waals surface area (Å²) in [6.45, 7) is 6.35. The lowest BCUT2D eigenvalue weighted by Crippen LogP contribution is -2.21. The molecule has 0 aliphatic carbocycles. The number of ether oxygens (including phenoxy) is 2. The van der Waals surface area contributed by atoms with Crippen LogP contribution in [-0.4, -0.2) is 28.6 Å². The Bertz CT molecular complexity index is 999. The summed E-state index contributed by atoms with van der Waals surface area (Å²) in [5.74, 6) is 1.28. The lowest BCUT2D eigenvalue weighted by Gasteiger charge is -2.14. The van der Waals surface area contributed by atoms with Gasteiger partial charge in [0.2, 0.25) is 0 Å². The third-order valence-electron chi connectivity index (χ3n) is 5.64. The number of aromatic nitrogens is 2. The summed E-state index contributed by atoms with van der Waals surface area (Å²) in [5.41, 5.74) is 4.36. The fourth-order valence-corrected chi connectivity index (χ4v) is 3.68. The van der Waals surface area contributed by atoms with Gasteiger partial charge in [-0.25, -0.2) is 9.97 Å². The second kappa shape index (κ2) is 13.5. The highest BCUT2D eigenvalue weighted by Gasteiger charge is 2.10. The molecule has 0 fully saturated rings. The summed E-state index contributed by atoms with van der Waals surface area (Å²) in [7, 11) is 0. The first-order valence-corrected chi connectivity index (χ1v) is 12.4. The molecule has 0 aliphatic heterocycles. The van der Waals surface area contributed by atoms with Gasteiger partial charge in [0, 0.05) is 29.9 Å². The van der Waals surface area contributed by atoms with Crippen molar-refractivity contribution in [2.24, 2.45) is 0 Å². The van der Waals surface area contributed by atoms with Crippen LogP contribution in [0.1, 0.15) is 64.9 Å². The van der Waals surface area contributed by atoms with E-state index < -0.39 is 0 Å². The number of hydrogen-bond acceptors (Lipinski definition) is 5. The van der Waals surface area contributed by atoms with Crippen LogP contribution in [0.25, 0.3) is 22.5 Å². The monoisotopic (exact) mass is 460 g/mol. The van der Waals surface area contributed by atoms with E-state index in [0.29, 0.717) is 13.0 Å². The number of rotatable bonds is 13. The first-order chi connectivity index (χ1) is 16.6. The number of nitrogens with zero attached hydrogens (tertiary/aromatic N) is 2. The number of aryl methyl sites for hydroxylation is 1. The predicted octanol–water partition coefficient (Wildman–Crippen LogP) is 7.04. The molecular weight excluding hydrogens is 424 g/mol. The maximum absolute atomic E-state index is 11.6. The van der Waals surface area contributed by atoms with Gasteiger partial charge in [-0.15, -0.1) is 0 Å². The normalized spacial score (nSPS) is 11.7. The van der Waals surface area contributed by atoms with Crippen LogP contribution in [0.2, 0.25) is 0 Å². The molecule has 1 atom stereocenters. The smallest absolute Gasteiger partial charge is 0.306 e. The summed E-state index contributed by atoms with van der Waals surface area (Å²) in [6, 6.07) is 16.4. The molecule has 34 heavy (non-hydrogen) atoms. The van der Waals surface area contributed by atoms with Crippen LogP contribution in [0.4, 0.5) is 0 Å².